The summed E-state index contributed by atoms with van der Waals surface area (Å²) in [5.74, 6) is 0.670. The molecule has 1 aliphatic carbocycles. The van der Waals surface area contributed by atoms with Gasteiger partial charge in [-0.2, -0.15) is 0 Å². The monoisotopic (exact) mass is 544 g/mol. The highest BCUT2D eigenvalue weighted by Gasteiger charge is 2.50. The maximum absolute atomic E-state index is 13.7. The van der Waals surface area contributed by atoms with Gasteiger partial charge in [0.1, 0.15) is 5.75 Å². The van der Waals surface area contributed by atoms with Gasteiger partial charge < -0.3 is 14.8 Å². The summed E-state index contributed by atoms with van der Waals surface area (Å²) in [4.78, 5) is 13.7. The lowest BCUT2D eigenvalue weighted by Gasteiger charge is -2.32. The molecule has 1 aromatic rings. The number of rotatable bonds is 15. The third-order valence-corrected chi connectivity index (χ3v) is 7.95. The SMILES string of the molecule is CCCCNCCCOc1ccc(C(=O)C2C(CCCC)OC3CCC(NS(C)(=O)=O)CC32)cc1.Cl. The van der Waals surface area contributed by atoms with Gasteiger partial charge in [-0.1, -0.05) is 33.1 Å². The van der Waals surface area contributed by atoms with Crippen LogP contribution in [0.4, 0.5) is 0 Å². The molecule has 1 aliphatic heterocycles. The molecule has 0 spiro atoms. The van der Waals surface area contributed by atoms with Crippen LogP contribution < -0.4 is 14.8 Å². The van der Waals surface area contributed by atoms with Crippen molar-refractivity contribution in [3.05, 3.63) is 29.8 Å². The summed E-state index contributed by atoms with van der Waals surface area (Å²) in [7, 11) is -3.28. The van der Waals surface area contributed by atoms with Gasteiger partial charge in [0.25, 0.3) is 0 Å². The van der Waals surface area contributed by atoms with E-state index in [0.717, 1.165) is 57.4 Å². The van der Waals surface area contributed by atoms with Crippen molar-refractivity contribution in [2.24, 2.45) is 11.8 Å². The van der Waals surface area contributed by atoms with E-state index in [9.17, 15) is 13.2 Å². The van der Waals surface area contributed by atoms with Crippen molar-refractivity contribution in [1.29, 1.82) is 0 Å². The number of nitrogens with one attached hydrogen (secondary N) is 2. The number of ether oxygens (including phenoxy) is 2. The lowest BCUT2D eigenvalue weighted by Crippen LogP contribution is -2.43. The number of carbonyl (C=O) groups is 1. The lowest BCUT2D eigenvalue weighted by molar-refractivity contribution is 0.00885. The second-order valence-corrected chi connectivity index (χ2v) is 11.9. The Morgan fingerprint density at radius 1 is 1.06 bits per heavy atom. The molecule has 0 amide bonds. The van der Waals surface area contributed by atoms with E-state index in [4.69, 9.17) is 9.47 Å². The Bertz CT molecular complexity index is 896. The smallest absolute Gasteiger partial charge is 0.208 e. The maximum Gasteiger partial charge on any atom is 0.208 e. The molecule has 5 unspecified atom stereocenters. The van der Waals surface area contributed by atoms with E-state index < -0.39 is 10.0 Å². The first-order valence-electron chi connectivity index (χ1n) is 13.4. The summed E-state index contributed by atoms with van der Waals surface area (Å²) in [5, 5.41) is 3.41. The van der Waals surface area contributed by atoms with Gasteiger partial charge in [0.15, 0.2) is 5.78 Å². The molecule has 0 aromatic heterocycles. The van der Waals surface area contributed by atoms with Crippen LogP contribution in [0.2, 0.25) is 0 Å². The van der Waals surface area contributed by atoms with Gasteiger partial charge in [-0.15, -0.1) is 12.4 Å². The Labute approximate surface area is 223 Å². The Morgan fingerprint density at radius 3 is 2.42 bits per heavy atom. The molecule has 1 aromatic carbocycles. The predicted octanol–water partition coefficient (Wildman–Crippen LogP) is 4.74. The number of carbonyl (C=O) groups excluding carboxylic acids is 1. The number of ketones is 1. The van der Waals surface area contributed by atoms with Crippen LogP contribution >= 0.6 is 12.4 Å². The highest BCUT2D eigenvalue weighted by Crippen LogP contribution is 2.44. The summed E-state index contributed by atoms with van der Waals surface area (Å²) >= 11 is 0. The number of hydrogen-bond donors (Lipinski definition) is 2. The second-order valence-electron chi connectivity index (χ2n) is 10.1. The van der Waals surface area contributed by atoms with Crippen LogP contribution in [-0.4, -0.2) is 58.4 Å². The normalized spacial score (nSPS) is 25.7. The van der Waals surface area contributed by atoms with E-state index in [2.05, 4.69) is 23.9 Å². The van der Waals surface area contributed by atoms with Crippen molar-refractivity contribution in [2.45, 2.75) is 89.9 Å². The molecule has 7 nitrogen and oxygen atoms in total. The number of unbranched alkanes of at least 4 members (excludes halogenated alkanes) is 2. The van der Waals surface area contributed by atoms with E-state index >= 15 is 0 Å². The van der Waals surface area contributed by atoms with Gasteiger partial charge in [-0.05, 0) is 81.8 Å². The van der Waals surface area contributed by atoms with Crippen LogP contribution in [0, 0.1) is 11.8 Å². The third-order valence-electron chi connectivity index (χ3n) is 7.18. The number of hydrogen-bond acceptors (Lipinski definition) is 6. The fourth-order valence-corrected chi connectivity index (χ4v) is 6.28. The van der Waals surface area contributed by atoms with Crippen LogP contribution in [0.15, 0.2) is 24.3 Å². The van der Waals surface area contributed by atoms with Crippen molar-refractivity contribution in [2.75, 3.05) is 26.0 Å². The van der Waals surface area contributed by atoms with Crippen LogP contribution in [0.25, 0.3) is 0 Å². The molecular weight excluding hydrogens is 500 g/mol. The van der Waals surface area contributed by atoms with Crippen molar-refractivity contribution in [3.8, 4) is 5.75 Å². The van der Waals surface area contributed by atoms with E-state index in [1.54, 1.807) is 0 Å². The molecule has 9 heteroatoms. The average Bonchev–Trinajstić information content (AvgIpc) is 3.18. The quantitative estimate of drug-likeness (QED) is 0.245. The Kier molecular flexibility index (Phi) is 13.2. The minimum Gasteiger partial charge on any atom is -0.494 e. The molecule has 1 heterocycles. The number of benzene rings is 1. The number of sulfonamides is 1. The van der Waals surface area contributed by atoms with Crippen LogP contribution in [0.1, 0.15) is 82.0 Å². The first-order valence-corrected chi connectivity index (χ1v) is 15.3. The fraction of sp³-hybridized carbons (Fsp3) is 0.741. The standard InChI is InChI=1S/C27H44N2O5S.ClH/c1-4-6-9-25-26(23-19-21(29-35(3,31)32)12-15-24(23)34-25)27(30)20-10-13-22(14-11-20)33-18-8-17-28-16-7-5-2;/h10-11,13-14,21,23-26,28-29H,4-9,12,15-19H2,1-3H3;1H. The van der Waals surface area contributed by atoms with E-state index in [1.807, 2.05) is 24.3 Å². The summed E-state index contributed by atoms with van der Waals surface area (Å²) < 4.78 is 38.6. The van der Waals surface area contributed by atoms with Gasteiger partial charge >= 0.3 is 0 Å². The van der Waals surface area contributed by atoms with Crippen LogP contribution in [0.5, 0.6) is 5.75 Å². The van der Waals surface area contributed by atoms with Gasteiger partial charge in [0.05, 0.1) is 31.0 Å². The molecule has 5 atom stereocenters. The van der Waals surface area contributed by atoms with E-state index in [1.165, 1.54) is 19.1 Å². The Hall–Kier alpha value is -1.19. The van der Waals surface area contributed by atoms with Gasteiger partial charge in [0.2, 0.25) is 10.0 Å². The van der Waals surface area contributed by atoms with E-state index in [-0.39, 0.29) is 48.3 Å². The van der Waals surface area contributed by atoms with Crippen LogP contribution in [-0.2, 0) is 14.8 Å². The summed E-state index contributed by atoms with van der Waals surface area (Å²) in [6.07, 6.45) is 9.54. The minimum absolute atomic E-state index is 0. The molecule has 3 rings (SSSR count). The van der Waals surface area contributed by atoms with Crippen molar-refractivity contribution in [1.82, 2.24) is 10.0 Å². The number of halogens is 1. The van der Waals surface area contributed by atoms with E-state index in [0.29, 0.717) is 18.6 Å². The van der Waals surface area contributed by atoms with Crippen molar-refractivity contribution in [3.63, 3.8) is 0 Å². The highest BCUT2D eigenvalue weighted by molar-refractivity contribution is 7.88. The molecule has 2 fully saturated rings. The van der Waals surface area contributed by atoms with Crippen molar-refractivity contribution < 1.29 is 22.7 Å². The van der Waals surface area contributed by atoms with Gasteiger partial charge in [-0.3, -0.25) is 4.79 Å². The molecule has 36 heavy (non-hydrogen) atoms. The molecule has 0 radical (unpaired) electrons. The van der Waals surface area contributed by atoms with Gasteiger partial charge in [0, 0.05) is 11.6 Å². The Morgan fingerprint density at radius 2 is 1.75 bits per heavy atom. The first kappa shape index (κ1) is 31.0. The average molecular weight is 545 g/mol. The van der Waals surface area contributed by atoms with Crippen LogP contribution in [0.3, 0.4) is 0 Å². The molecule has 1 saturated heterocycles. The maximum atomic E-state index is 13.7. The topological polar surface area (TPSA) is 93.7 Å². The zero-order valence-electron chi connectivity index (χ0n) is 22.0. The lowest BCUT2D eigenvalue weighted by atomic mass is 9.73. The summed E-state index contributed by atoms with van der Waals surface area (Å²) in [6.45, 7) is 6.95. The fourth-order valence-electron chi connectivity index (χ4n) is 5.46. The molecular formula is C27H45ClN2O5S. The Balaban J connectivity index is 0.00000456. The third kappa shape index (κ3) is 9.28. The molecule has 2 N–H and O–H groups in total. The predicted molar refractivity (Wildman–Crippen MR) is 147 cm³/mol. The minimum atomic E-state index is -3.28. The molecule has 2 aliphatic rings. The largest absolute Gasteiger partial charge is 0.494 e. The number of fused-ring (bicyclic) bond motifs is 1. The number of Topliss-reactive ketones (excluding diaryl/α,β-unsaturated/α-hetero) is 1. The van der Waals surface area contributed by atoms with Crippen molar-refractivity contribution >= 4 is 28.2 Å². The molecule has 1 saturated carbocycles. The summed E-state index contributed by atoms with van der Waals surface area (Å²) in [6, 6.07) is 7.33. The second kappa shape index (κ2) is 15.3. The zero-order valence-corrected chi connectivity index (χ0v) is 23.7. The highest BCUT2D eigenvalue weighted by atomic mass is 35.5. The summed E-state index contributed by atoms with van der Waals surface area (Å²) in [5.41, 5.74) is 0.674. The zero-order chi connectivity index (χ0) is 25.3. The molecule has 0 bridgehead atoms. The first-order chi connectivity index (χ1) is 16.8. The molecule has 206 valence electrons. The van der Waals surface area contributed by atoms with Gasteiger partial charge in [-0.25, -0.2) is 13.1 Å².